The zero-order valence-corrected chi connectivity index (χ0v) is 22.9. The number of nitrogens with one attached hydrogen (secondary N) is 1. The molecule has 0 aromatic heterocycles. The van der Waals surface area contributed by atoms with Crippen molar-refractivity contribution in [2.24, 2.45) is 16.1 Å². The molecule has 0 bridgehead atoms. The van der Waals surface area contributed by atoms with Crippen LogP contribution in [0.15, 0.2) is 40.4 Å². The summed E-state index contributed by atoms with van der Waals surface area (Å²) in [7, 11) is 0. The van der Waals surface area contributed by atoms with Gasteiger partial charge in [0.1, 0.15) is 0 Å². The highest BCUT2D eigenvalue weighted by molar-refractivity contribution is 7.98. The molecule has 0 spiro atoms. The van der Waals surface area contributed by atoms with Gasteiger partial charge in [0.25, 0.3) is 0 Å². The third kappa shape index (κ3) is 11.5. The summed E-state index contributed by atoms with van der Waals surface area (Å²) in [4.78, 5) is 4.31. The summed E-state index contributed by atoms with van der Waals surface area (Å²) in [5.74, 6) is 2.07. The van der Waals surface area contributed by atoms with E-state index in [0.717, 1.165) is 5.69 Å². The van der Waals surface area contributed by atoms with Crippen LogP contribution in [0.5, 0.6) is 0 Å². The van der Waals surface area contributed by atoms with E-state index in [2.05, 4.69) is 111 Å². The van der Waals surface area contributed by atoms with Crippen LogP contribution < -0.4 is 11.1 Å². The monoisotopic (exact) mass is 445 g/mol. The Hall–Kier alpha value is -1.68. The highest BCUT2D eigenvalue weighted by atomic mass is 32.2. The smallest absolute Gasteiger partial charge is 0.193 e. The van der Waals surface area contributed by atoms with Gasteiger partial charge in [-0.05, 0) is 62.3 Å². The summed E-state index contributed by atoms with van der Waals surface area (Å²) in [6, 6.07) is 4.47. The number of nitrogens with zero attached hydrogens (tertiary/aromatic N) is 1. The normalized spacial score (nSPS) is 12.6. The first-order chi connectivity index (χ1) is 14.2. The maximum atomic E-state index is 5.99. The number of nitrogens with two attached hydrogens (primary N) is 1. The second kappa shape index (κ2) is 13.7. The molecular formula is C27H47N3S. The van der Waals surface area contributed by atoms with Crippen LogP contribution in [0.25, 0.3) is 0 Å². The van der Waals surface area contributed by atoms with Crippen molar-refractivity contribution in [3.05, 3.63) is 52.1 Å². The number of hydrogen-bond acceptors (Lipinski definition) is 2. The topological polar surface area (TPSA) is 50.4 Å². The number of thioether (sulfide) groups is 1. The van der Waals surface area contributed by atoms with E-state index in [1.165, 1.54) is 27.8 Å². The van der Waals surface area contributed by atoms with Crippen molar-refractivity contribution in [3.63, 3.8) is 0 Å². The molecule has 0 unspecified atom stereocenters. The molecule has 1 aromatic carbocycles. The second-order valence-electron chi connectivity index (χ2n) is 10.1. The number of hydrogen-bond donors (Lipinski definition) is 2. The number of rotatable bonds is 6. The van der Waals surface area contributed by atoms with Crippen molar-refractivity contribution in [2.75, 3.05) is 17.4 Å². The summed E-state index contributed by atoms with van der Waals surface area (Å²) < 4.78 is 0. The van der Waals surface area contributed by atoms with E-state index in [9.17, 15) is 0 Å². The first kappa shape index (κ1) is 29.3. The number of benzene rings is 1. The van der Waals surface area contributed by atoms with Gasteiger partial charge >= 0.3 is 0 Å². The quantitative estimate of drug-likeness (QED) is 0.263. The number of aliphatic imine (C=N–C) groups is 1. The SMILES string of the molecule is CC(C)=C/C=C(\C)C(C)(C)C.CSC/N=C(\N)Nc1c(C(C)C)cc(C)cc1C(C)C. The van der Waals surface area contributed by atoms with Gasteiger partial charge in [-0.3, -0.25) is 0 Å². The molecular weight excluding hydrogens is 398 g/mol. The van der Waals surface area contributed by atoms with Crippen LogP contribution in [-0.2, 0) is 0 Å². The number of aryl methyl sites for hydroxylation is 1. The van der Waals surface area contributed by atoms with E-state index in [1.54, 1.807) is 11.8 Å². The molecule has 31 heavy (non-hydrogen) atoms. The molecule has 0 fully saturated rings. The molecule has 0 amide bonds. The third-order valence-electron chi connectivity index (χ3n) is 5.05. The molecule has 3 N–H and O–H groups in total. The van der Waals surface area contributed by atoms with Crippen molar-refractivity contribution in [3.8, 4) is 0 Å². The Morgan fingerprint density at radius 1 is 1.03 bits per heavy atom. The van der Waals surface area contributed by atoms with Crippen LogP contribution in [0.3, 0.4) is 0 Å². The molecule has 0 saturated carbocycles. The van der Waals surface area contributed by atoms with Gasteiger partial charge in [-0.1, -0.05) is 89.5 Å². The van der Waals surface area contributed by atoms with Gasteiger partial charge in [0.2, 0.25) is 0 Å². The largest absolute Gasteiger partial charge is 0.370 e. The maximum Gasteiger partial charge on any atom is 0.193 e. The van der Waals surface area contributed by atoms with E-state index < -0.39 is 0 Å². The predicted molar refractivity (Wildman–Crippen MR) is 146 cm³/mol. The van der Waals surface area contributed by atoms with E-state index in [0.29, 0.717) is 29.1 Å². The fourth-order valence-electron chi connectivity index (χ4n) is 2.74. The van der Waals surface area contributed by atoms with Gasteiger partial charge < -0.3 is 11.1 Å². The predicted octanol–water partition coefficient (Wildman–Crippen LogP) is 8.23. The van der Waals surface area contributed by atoms with Gasteiger partial charge in [-0.25, -0.2) is 4.99 Å². The molecule has 176 valence electrons. The molecule has 4 heteroatoms. The summed E-state index contributed by atoms with van der Waals surface area (Å²) >= 11 is 1.66. The van der Waals surface area contributed by atoms with Gasteiger partial charge in [-0.15, -0.1) is 11.8 Å². The van der Waals surface area contributed by atoms with Crippen LogP contribution in [0, 0.1) is 12.3 Å². The summed E-state index contributed by atoms with van der Waals surface area (Å²) in [5.41, 5.74) is 14.1. The maximum absolute atomic E-state index is 5.99. The lowest BCUT2D eigenvalue weighted by molar-refractivity contribution is 0.504. The Labute approximate surface area is 197 Å². The molecule has 0 aliphatic rings. The first-order valence-electron chi connectivity index (χ1n) is 11.2. The van der Waals surface area contributed by atoms with Crippen LogP contribution in [-0.4, -0.2) is 18.1 Å². The van der Waals surface area contributed by atoms with Crippen molar-refractivity contribution < 1.29 is 0 Å². The number of anilines is 1. The highest BCUT2D eigenvalue weighted by Gasteiger charge is 2.15. The third-order valence-corrected chi connectivity index (χ3v) is 5.44. The average molecular weight is 446 g/mol. The lowest BCUT2D eigenvalue weighted by Crippen LogP contribution is -2.24. The van der Waals surface area contributed by atoms with Crippen molar-refractivity contribution in [2.45, 2.75) is 88.0 Å². The minimum atomic E-state index is 0.311. The lowest BCUT2D eigenvalue weighted by Gasteiger charge is -2.21. The van der Waals surface area contributed by atoms with E-state index in [-0.39, 0.29) is 0 Å². The van der Waals surface area contributed by atoms with Gasteiger partial charge in [0, 0.05) is 5.69 Å². The van der Waals surface area contributed by atoms with Crippen molar-refractivity contribution >= 4 is 23.4 Å². The Morgan fingerprint density at radius 2 is 1.52 bits per heavy atom. The van der Waals surface area contributed by atoms with Crippen LogP contribution in [0.1, 0.15) is 97.8 Å². The summed E-state index contributed by atoms with van der Waals surface area (Å²) in [5, 5.41) is 3.32. The van der Waals surface area contributed by atoms with E-state index >= 15 is 0 Å². The van der Waals surface area contributed by atoms with Gasteiger partial charge in [-0.2, -0.15) is 0 Å². The molecule has 0 saturated heterocycles. The van der Waals surface area contributed by atoms with E-state index in [4.69, 9.17) is 5.73 Å². The molecule has 0 aliphatic heterocycles. The molecule has 1 aromatic rings. The number of guanidine groups is 1. The Morgan fingerprint density at radius 3 is 1.87 bits per heavy atom. The minimum Gasteiger partial charge on any atom is -0.370 e. The molecule has 3 nitrogen and oxygen atoms in total. The summed E-state index contributed by atoms with van der Waals surface area (Å²) in [6.07, 6.45) is 6.39. The average Bonchev–Trinajstić information content (AvgIpc) is 2.64. The first-order valence-corrected chi connectivity index (χ1v) is 12.6. The van der Waals surface area contributed by atoms with Crippen LogP contribution in [0.4, 0.5) is 5.69 Å². The standard InChI is InChI=1S/C16H27N3S.C11H20/c1-10(2)13-7-12(5)8-14(11(3)4)15(13)19-16(17)18-9-20-6;1-9(2)7-8-10(3)11(4,5)6/h7-8,10-11H,9H2,1-6H3,(H3,17,18,19);7-8H,1-6H3/b;10-8+. The molecule has 0 radical (unpaired) electrons. The van der Waals surface area contributed by atoms with Gasteiger partial charge in [0.05, 0.1) is 5.88 Å². The molecule has 1 rings (SSSR count). The minimum absolute atomic E-state index is 0.311. The highest BCUT2D eigenvalue weighted by Crippen LogP contribution is 2.33. The molecule has 0 heterocycles. The van der Waals surface area contributed by atoms with Crippen molar-refractivity contribution in [1.29, 1.82) is 0 Å². The second-order valence-corrected chi connectivity index (χ2v) is 10.9. The van der Waals surface area contributed by atoms with Crippen LogP contribution >= 0.6 is 11.8 Å². The van der Waals surface area contributed by atoms with Crippen LogP contribution in [0.2, 0.25) is 0 Å². The fourth-order valence-corrected chi connectivity index (χ4v) is 3.01. The zero-order valence-electron chi connectivity index (χ0n) is 22.1. The lowest BCUT2D eigenvalue weighted by atomic mass is 9.87. The number of allylic oxidation sites excluding steroid dienone is 4. The Bertz CT molecular complexity index is 745. The molecule has 0 aliphatic carbocycles. The fraction of sp³-hybridized carbons (Fsp3) is 0.593. The summed E-state index contributed by atoms with van der Waals surface area (Å²) in [6.45, 7) is 24.1. The Balaban J connectivity index is 0.000000695. The van der Waals surface area contributed by atoms with E-state index in [1.807, 2.05) is 6.26 Å². The molecule has 0 atom stereocenters. The van der Waals surface area contributed by atoms with Gasteiger partial charge in [0.15, 0.2) is 5.96 Å². The zero-order chi connectivity index (χ0) is 24.4. The Kier molecular flexibility index (Phi) is 12.9. The van der Waals surface area contributed by atoms with Crippen molar-refractivity contribution in [1.82, 2.24) is 0 Å².